The summed E-state index contributed by atoms with van der Waals surface area (Å²) in [5.74, 6) is -0.549. The summed E-state index contributed by atoms with van der Waals surface area (Å²) >= 11 is 0. The minimum atomic E-state index is -0.425. The molecule has 0 atom stereocenters. The van der Waals surface area contributed by atoms with Gasteiger partial charge in [-0.3, -0.25) is 9.69 Å². The number of benzene rings is 1. The van der Waals surface area contributed by atoms with Crippen molar-refractivity contribution in [1.29, 1.82) is 0 Å². The van der Waals surface area contributed by atoms with E-state index in [2.05, 4.69) is 4.90 Å². The molecule has 0 aliphatic carbocycles. The molecule has 0 spiro atoms. The molecule has 0 saturated carbocycles. The van der Waals surface area contributed by atoms with E-state index in [1.807, 2.05) is 0 Å². The van der Waals surface area contributed by atoms with Crippen molar-refractivity contribution in [2.24, 2.45) is 0 Å². The molecule has 1 amide bonds. The second-order valence-corrected chi connectivity index (χ2v) is 5.21. The summed E-state index contributed by atoms with van der Waals surface area (Å²) in [7, 11) is 1.69. The van der Waals surface area contributed by atoms with Gasteiger partial charge in [0.1, 0.15) is 5.82 Å². The highest BCUT2D eigenvalue weighted by Crippen LogP contribution is 2.17. The summed E-state index contributed by atoms with van der Waals surface area (Å²) < 4.78 is 18.1. The molecule has 1 aliphatic heterocycles. The molecule has 116 valence electrons. The quantitative estimate of drug-likeness (QED) is 0.848. The van der Waals surface area contributed by atoms with Gasteiger partial charge in [0.15, 0.2) is 0 Å². The Labute approximate surface area is 124 Å². The van der Waals surface area contributed by atoms with Gasteiger partial charge < -0.3 is 15.4 Å². The van der Waals surface area contributed by atoms with Crippen LogP contribution in [0.4, 0.5) is 10.1 Å². The number of carbonyl (C=O) groups is 1. The Morgan fingerprint density at radius 2 is 2.14 bits per heavy atom. The van der Waals surface area contributed by atoms with Crippen LogP contribution >= 0.6 is 0 Å². The summed E-state index contributed by atoms with van der Waals surface area (Å²) in [4.78, 5) is 16.6. The Balaban J connectivity index is 1.99. The molecule has 6 heteroatoms. The van der Waals surface area contributed by atoms with Crippen LogP contribution in [0.1, 0.15) is 16.8 Å². The number of ether oxygens (including phenoxy) is 1. The lowest BCUT2D eigenvalue weighted by Crippen LogP contribution is -2.36. The molecule has 0 radical (unpaired) electrons. The van der Waals surface area contributed by atoms with Crippen molar-refractivity contribution in [1.82, 2.24) is 9.80 Å². The number of nitrogens with two attached hydrogens (primary N) is 1. The lowest BCUT2D eigenvalue weighted by atomic mass is 10.1. The number of amides is 1. The fourth-order valence-corrected chi connectivity index (χ4v) is 2.52. The highest BCUT2D eigenvalue weighted by molar-refractivity contribution is 5.99. The maximum absolute atomic E-state index is 13.1. The van der Waals surface area contributed by atoms with Crippen molar-refractivity contribution in [3.05, 3.63) is 29.6 Å². The fourth-order valence-electron chi connectivity index (χ4n) is 2.52. The van der Waals surface area contributed by atoms with Crippen LogP contribution in [0.3, 0.4) is 0 Å². The zero-order valence-electron chi connectivity index (χ0n) is 12.3. The van der Waals surface area contributed by atoms with Crippen LogP contribution in [-0.4, -0.2) is 62.1 Å². The van der Waals surface area contributed by atoms with Crippen LogP contribution in [-0.2, 0) is 4.74 Å². The molecule has 0 unspecified atom stereocenters. The summed E-state index contributed by atoms with van der Waals surface area (Å²) in [5, 5.41) is 0. The van der Waals surface area contributed by atoms with Gasteiger partial charge in [0.25, 0.3) is 5.91 Å². The van der Waals surface area contributed by atoms with Crippen molar-refractivity contribution in [3.63, 3.8) is 0 Å². The molecular weight excluding hydrogens is 273 g/mol. The molecule has 2 N–H and O–H groups in total. The molecule has 0 aromatic heterocycles. The third-order valence-corrected chi connectivity index (χ3v) is 3.73. The van der Waals surface area contributed by atoms with Crippen LogP contribution in [0.5, 0.6) is 0 Å². The van der Waals surface area contributed by atoms with E-state index in [4.69, 9.17) is 10.5 Å². The predicted octanol–water partition coefficient (Wildman–Crippen LogP) is 1.20. The first-order chi connectivity index (χ1) is 10.1. The second-order valence-electron chi connectivity index (χ2n) is 5.21. The van der Waals surface area contributed by atoms with Gasteiger partial charge in [-0.2, -0.15) is 0 Å². The van der Waals surface area contributed by atoms with Gasteiger partial charge in [-0.15, -0.1) is 0 Å². The molecule has 1 aromatic rings. The zero-order valence-corrected chi connectivity index (χ0v) is 12.3. The van der Waals surface area contributed by atoms with E-state index < -0.39 is 5.82 Å². The molecule has 1 fully saturated rings. The van der Waals surface area contributed by atoms with Gasteiger partial charge >= 0.3 is 0 Å². The summed E-state index contributed by atoms with van der Waals surface area (Å²) in [6.45, 7) is 4.68. The van der Waals surface area contributed by atoms with E-state index in [1.54, 1.807) is 12.0 Å². The van der Waals surface area contributed by atoms with Gasteiger partial charge in [0, 0.05) is 39.0 Å². The molecule has 1 aromatic carbocycles. The Kier molecular flexibility index (Phi) is 5.52. The van der Waals surface area contributed by atoms with E-state index in [0.29, 0.717) is 25.3 Å². The first kappa shape index (κ1) is 15.7. The monoisotopic (exact) mass is 295 g/mol. The van der Waals surface area contributed by atoms with Crippen molar-refractivity contribution < 1.29 is 13.9 Å². The SMILES string of the molecule is COCCN1CCCN(C(=O)c2ccc(F)cc2N)CC1. The van der Waals surface area contributed by atoms with Gasteiger partial charge in [0.2, 0.25) is 0 Å². The number of nitrogens with zero attached hydrogens (tertiary/aromatic N) is 2. The number of rotatable bonds is 4. The van der Waals surface area contributed by atoms with E-state index in [0.717, 1.165) is 26.1 Å². The average Bonchev–Trinajstić information content (AvgIpc) is 2.70. The molecule has 5 nitrogen and oxygen atoms in total. The van der Waals surface area contributed by atoms with Crippen LogP contribution in [0.25, 0.3) is 0 Å². The fraction of sp³-hybridized carbons (Fsp3) is 0.533. The number of methoxy groups -OCH3 is 1. The number of hydrogen-bond donors (Lipinski definition) is 1. The minimum Gasteiger partial charge on any atom is -0.398 e. The first-order valence-corrected chi connectivity index (χ1v) is 7.17. The molecule has 21 heavy (non-hydrogen) atoms. The molecule has 2 rings (SSSR count). The summed E-state index contributed by atoms with van der Waals surface area (Å²) in [6, 6.07) is 3.92. The number of carbonyl (C=O) groups excluding carboxylic acids is 1. The van der Waals surface area contributed by atoms with Gasteiger partial charge in [0.05, 0.1) is 12.2 Å². The van der Waals surface area contributed by atoms with Gasteiger partial charge in [-0.1, -0.05) is 0 Å². The predicted molar refractivity (Wildman–Crippen MR) is 79.6 cm³/mol. The van der Waals surface area contributed by atoms with Crippen molar-refractivity contribution in [2.45, 2.75) is 6.42 Å². The molecular formula is C15H22FN3O2. The Hall–Kier alpha value is -1.66. The molecule has 1 saturated heterocycles. The topological polar surface area (TPSA) is 58.8 Å². The van der Waals surface area contributed by atoms with Crippen LogP contribution in [0.2, 0.25) is 0 Å². The number of halogens is 1. The van der Waals surface area contributed by atoms with Gasteiger partial charge in [-0.25, -0.2) is 4.39 Å². The van der Waals surface area contributed by atoms with Crippen molar-refractivity contribution in [2.75, 3.05) is 52.2 Å². The lowest BCUT2D eigenvalue weighted by molar-refractivity contribution is 0.0760. The molecule has 1 aliphatic rings. The second kappa shape index (κ2) is 7.38. The van der Waals surface area contributed by atoms with E-state index >= 15 is 0 Å². The Morgan fingerprint density at radius 1 is 1.33 bits per heavy atom. The third kappa shape index (κ3) is 4.15. The summed E-state index contributed by atoms with van der Waals surface area (Å²) in [6.07, 6.45) is 0.913. The summed E-state index contributed by atoms with van der Waals surface area (Å²) in [5.41, 5.74) is 6.32. The molecule has 1 heterocycles. The molecule has 0 bridgehead atoms. The van der Waals surface area contributed by atoms with Crippen molar-refractivity contribution >= 4 is 11.6 Å². The van der Waals surface area contributed by atoms with Crippen LogP contribution in [0, 0.1) is 5.82 Å². The van der Waals surface area contributed by atoms with E-state index in [1.165, 1.54) is 18.2 Å². The van der Waals surface area contributed by atoms with Crippen LogP contribution in [0.15, 0.2) is 18.2 Å². The van der Waals surface area contributed by atoms with Gasteiger partial charge in [-0.05, 0) is 31.2 Å². The minimum absolute atomic E-state index is 0.124. The number of nitrogen functional groups attached to an aromatic ring is 1. The average molecular weight is 295 g/mol. The van der Waals surface area contributed by atoms with Crippen LogP contribution < -0.4 is 5.73 Å². The normalized spacial score (nSPS) is 16.8. The Morgan fingerprint density at radius 3 is 2.86 bits per heavy atom. The highest BCUT2D eigenvalue weighted by Gasteiger charge is 2.21. The maximum atomic E-state index is 13.1. The smallest absolute Gasteiger partial charge is 0.255 e. The number of anilines is 1. The van der Waals surface area contributed by atoms with E-state index in [-0.39, 0.29) is 11.6 Å². The largest absolute Gasteiger partial charge is 0.398 e. The first-order valence-electron chi connectivity index (χ1n) is 7.17. The highest BCUT2D eigenvalue weighted by atomic mass is 19.1. The Bertz CT molecular complexity index is 496. The zero-order chi connectivity index (χ0) is 15.2. The van der Waals surface area contributed by atoms with Crippen molar-refractivity contribution in [3.8, 4) is 0 Å². The maximum Gasteiger partial charge on any atom is 0.255 e. The number of hydrogen-bond acceptors (Lipinski definition) is 4. The van der Waals surface area contributed by atoms with E-state index in [9.17, 15) is 9.18 Å². The third-order valence-electron chi connectivity index (χ3n) is 3.73. The standard InChI is InChI=1S/C15H22FN3O2/c1-21-10-9-18-5-2-6-19(8-7-18)15(20)13-4-3-12(16)11-14(13)17/h3-4,11H,2,5-10,17H2,1H3. The lowest BCUT2D eigenvalue weighted by Gasteiger charge is -2.22.